The van der Waals surface area contributed by atoms with Crippen LogP contribution in [0.4, 0.5) is 4.39 Å². The number of benzene rings is 1. The SMILES string of the molecule is CC(C)CC(CO)NS(=O)(=O)c1cnn(-c2ccccc2F)c1. The Morgan fingerprint density at radius 2 is 2.04 bits per heavy atom. The third kappa shape index (κ3) is 4.37. The molecule has 2 N–H and O–H groups in total. The van der Waals surface area contributed by atoms with Crippen LogP contribution in [-0.4, -0.2) is 36.0 Å². The number of sulfonamides is 1. The van der Waals surface area contributed by atoms with E-state index in [1.54, 1.807) is 12.1 Å². The van der Waals surface area contributed by atoms with Crippen molar-refractivity contribution in [3.8, 4) is 5.69 Å². The first-order valence-electron chi connectivity index (χ1n) is 7.26. The topological polar surface area (TPSA) is 84.2 Å². The van der Waals surface area contributed by atoms with Crippen LogP contribution in [0.1, 0.15) is 20.3 Å². The molecule has 1 heterocycles. The van der Waals surface area contributed by atoms with Gasteiger partial charge in [-0.25, -0.2) is 22.2 Å². The molecule has 1 aromatic carbocycles. The maximum Gasteiger partial charge on any atom is 0.244 e. The normalized spacial score (nSPS) is 13.4. The lowest BCUT2D eigenvalue weighted by Gasteiger charge is -2.17. The quantitative estimate of drug-likeness (QED) is 0.803. The molecule has 8 heteroatoms. The number of aliphatic hydroxyl groups is 1. The zero-order valence-corrected chi connectivity index (χ0v) is 13.8. The molecule has 0 bridgehead atoms. The van der Waals surface area contributed by atoms with Crippen molar-refractivity contribution < 1.29 is 17.9 Å². The number of aromatic nitrogens is 2. The van der Waals surface area contributed by atoms with Crippen molar-refractivity contribution in [2.24, 2.45) is 5.92 Å². The van der Waals surface area contributed by atoms with Crippen LogP contribution in [-0.2, 0) is 10.0 Å². The molecule has 0 radical (unpaired) electrons. The Kier molecular flexibility index (Phi) is 5.51. The molecule has 1 unspecified atom stereocenters. The number of hydrogen-bond acceptors (Lipinski definition) is 4. The molecule has 2 aromatic rings. The number of rotatable bonds is 7. The first-order valence-corrected chi connectivity index (χ1v) is 8.74. The molecule has 0 saturated heterocycles. The van der Waals surface area contributed by atoms with E-state index in [0.717, 1.165) is 6.20 Å². The monoisotopic (exact) mass is 341 g/mol. The fraction of sp³-hybridized carbons (Fsp3) is 0.400. The van der Waals surface area contributed by atoms with E-state index in [4.69, 9.17) is 0 Å². The molecular formula is C15H20FN3O3S. The van der Waals surface area contributed by atoms with Gasteiger partial charge in [0.2, 0.25) is 10.0 Å². The van der Waals surface area contributed by atoms with Gasteiger partial charge in [0.05, 0.1) is 19.0 Å². The van der Waals surface area contributed by atoms with Gasteiger partial charge in [0.1, 0.15) is 16.4 Å². The van der Waals surface area contributed by atoms with Gasteiger partial charge in [-0.05, 0) is 24.5 Å². The van der Waals surface area contributed by atoms with E-state index >= 15 is 0 Å². The summed E-state index contributed by atoms with van der Waals surface area (Å²) in [5.74, 6) is -0.267. The van der Waals surface area contributed by atoms with Gasteiger partial charge in [-0.2, -0.15) is 5.10 Å². The number of nitrogens with one attached hydrogen (secondary N) is 1. The summed E-state index contributed by atoms with van der Waals surface area (Å²) in [5.41, 5.74) is 0.162. The molecule has 0 aliphatic carbocycles. The van der Waals surface area contributed by atoms with Crippen LogP contribution in [0.15, 0.2) is 41.6 Å². The largest absolute Gasteiger partial charge is 0.395 e. The zero-order chi connectivity index (χ0) is 17.0. The first-order chi connectivity index (χ1) is 10.8. The standard InChI is InChI=1S/C15H20FN3O3S/c1-11(2)7-12(10-20)18-23(21,22)13-8-17-19(9-13)15-6-4-3-5-14(15)16/h3-6,8-9,11-12,18,20H,7,10H2,1-2H3. The van der Waals surface area contributed by atoms with Crippen molar-refractivity contribution in [2.75, 3.05) is 6.61 Å². The summed E-state index contributed by atoms with van der Waals surface area (Å²) in [4.78, 5) is -0.0806. The van der Waals surface area contributed by atoms with Gasteiger partial charge >= 0.3 is 0 Å². The summed E-state index contributed by atoms with van der Waals surface area (Å²) >= 11 is 0. The Labute approximate surface area is 135 Å². The molecule has 6 nitrogen and oxygen atoms in total. The minimum Gasteiger partial charge on any atom is -0.395 e. The molecule has 0 saturated carbocycles. The highest BCUT2D eigenvalue weighted by Crippen LogP contribution is 2.16. The second-order valence-electron chi connectivity index (χ2n) is 5.70. The van der Waals surface area contributed by atoms with Crippen LogP contribution >= 0.6 is 0 Å². The van der Waals surface area contributed by atoms with Gasteiger partial charge in [0.25, 0.3) is 0 Å². The molecule has 0 amide bonds. The van der Waals surface area contributed by atoms with Gasteiger partial charge in [0.15, 0.2) is 0 Å². The molecule has 0 aliphatic heterocycles. The number of hydrogen-bond donors (Lipinski definition) is 2. The fourth-order valence-electron chi connectivity index (χ4n) is 2.23. The average molecular weight is 341 g/mol. The Hall–Kier alpha value is -1.77. The Bertz CT molecular complexity index is 759. The van der Waals surface area contributed by atoms with Crippen molar-refractivity contribution in [3.05, 3.63) is 42.5 Å². The molecule has 0 spiro atoms. The molecule has 1 aromatic heterocycles. The van der Waals surface area contributed by atoms with E-state index in [0.29, 0.717) is 6.42 Å². The predicted molar refractivity (Wildman–Crippen MR) is 84.2 cm³/mol. The maximum absolute atomic E-state index is 13.7. The molecule has 1 atom stereocenters. The van der Waals surface area contributed by atoms with Crippen molar-refractivity contribution in [2.45, 2.75) is 31.2 Å². The Morgan fingerprint density at radius 1 is 1.35 bits per heavy atom. The van der Waals surface area contributed by atoms with Gasteiger partial charge in [-0.3, -0.25) is 0 Å². The van der Waals surface area contributed by atoms with E-state index in [2.05, 4.69) is 9.82 Å². The van der Waals surface area contributed by atoms with E-state index in [1.807, 2.05) is 13.8 Å². The van der Waals surface area contributed by atoms with Crippen LogP contribution in [0.5, 0.6) is 0 Å². The lowest BCUT2D eigenvalue weighted by Crippen LogP contribution is -2.38. The van der Waals surface area contributed by atoms with E-state index < -0.39 is 21.9 Å². The van der Waals surface area contributed by atoms with Crippen LogP contribution in [0.3, 0.4) is 0 Å². The zero-order valence-electron chi connectivity index (χ0n) is 13.0. The van der Waals surface area contributed by atoms with Gasteiger partial charge in [-0.15, -0.1) is 0 Å². The minimum atomic E-state index is -3.83. The molecule has 126 valence electrons. The minimum absolute atomic E-state index is 0.0806. The number of aliphatic hydroxyl groups excluding tert-OH is 1. The highest BCUT2D eigenvalue weighted by atomic mass is 32.2. The summed E-state index contributed by atoms with van der Waals surface area (Å²) in [6.07, 6.45) is 2.90. The van der Waals surface area contributed by atoms with Crippen molar-refractivity contribution in [1.29, 1.82) is 0 Å². The summed E-state index contributed by atoms with van der Waals surface area (Å²) in [6, 6.07) is 5.38. The first kappa shape index (κ1) is 17.6. The fourth-order valence-corrected chi connectivity index (χ4v) is 3.40. The third-order valence-corrected chi connectivity index (χ3v) is 4.74. The van der Waals surface area contributed by atoms with Crippen LogP contribution in [0, 0.1) is 11.7 Å². The second-order valence-corrected chi connectivity index (χ2v) is 7.42. The maximum atomic E-state index is 13.7. The second kappa shape index (κ2) is 7.20. The van der Waals surface area contributed by atoms with Crippen LogP contribution in [0.25, 0.3) is 5.69 Å². The Morgan fingerprint density at radius 3 is 2.65 bits per heavy atom. The average Bonchev–Trinajstić information content (AvgIpc) is 2.96. The predicted octanol–water partition coefficient (Wildman–Crippen LogP) is 1.70. The van der Waals surface area contributed by atoms with Gasteiger partial charge in [0, 0.05) is 6.04 Å². The van der Waals surface area contributed by atoms with Gasteiger partial charge < -0.3 is 5.11 Å². The highest BCUT2D eigenvalue weighted by Gasteiger charge is 2.22. The smallest absolute Gasteiger partial charge is 0.244 e. The summed E-state index contributed by atoms with van der Waals surface area (Å²) in [7, 11) is -3.83. The van der Waals surface area contributed by atoms with Crippen LogP contribution in [0.2, 0.25) is 0 Å². The van der Waals surface area contributed by atoms with Crippen molar-refractivity contribution in [1.82, 2.24) is 14.5 Å². The lowest BCUT2D eigenvalue weighted by atomic mass is 10.1. The van der Waals surface area contributed by atoms with Crippen molar-refractivity contribution >= 4 is 10.0 Å². The number of nitrogens with zero attached hydrogens (tertiary/aromatic N) is 2. The lowest BCUT2D eigenvalue weighted by molar-refractivity contribution is 0.240. The number of para-hydroxylation sites is 1. The molecular weight excluding hydrogens is 321 g/mol. The molecule has 23 heavy (non-hydrogen) atoms. The van der Waals surface area contributed by atoms with Gasteiger partial charge in [-0.1, -0.05) is 26.0 Å². The summed E-state index contributed by atoms with van der Waals surface area (Å²) < 4.78 is 42.0. The summed E-state index contributed by atoms with van der Waals surface area (Å²) in [5, 5.41) is 13.2. The third-order valence-electron chi connectivity index (χ3n) is 3.27. The summed E-state index contributed by atoms with van der Waals surface area (Å²) in [6.45, 7) is 3.58. The van der Waals surface area contributed by atoms with Crippen LogP contribution < -0.4 is 4.72 Å². The number of halogens is 1. The molecule has 0 aliphatic rings. The molecule has 0 fully saturated rings. The highest BCUT2D eigenvalue weighted by molar-refractivity contribution is 7.89. The van der Waals surface area contributed by atoms with E-state index in [-0.39, 0.29) is 23.1 Å². The van der Waals surface area contributed by atoms with E-state index in [9.17, 15) is 17.9 Å². The van der Waals surface area contributed by atoms with Crippen molar-refractivity contribution in [3.63, 3.8) is 0 Å². The molecule has 2 rings (SSSR count). The Balaban J connectivity index is 2.23. The van der Waals surface area contributed by atoms with E-state index in [1.165, 1.54) is 23.0 Å².